The molecule has 5 nitrogen and oxygen atoms in total. The van der Waals surface area contributed by atoms with Crippen molar-refractivity contribution in [2.24, 2.45) is 0 Å². The summed E-state index contributed by atoms with van der Waals surface area (Å²) in [6, 6.07) is 8.98. The summed E-state index contributed by atoms with van der Waals surface area (Å²) in [7, 11) is 0. The fourth-order valence-corrected chi connectivity index (χ4v) is 2.25. The Labute approximate surface area is 128 Å². The van der Waals surface area contributed by atoms with Crippen LogP contribution in [-0.2, 0) is 6.42 Å². The molecule has 112 valence electrons. The highest BCUT2D eigenvalue weighted by Crippen LogP contribution is 2.34. The van der Waals surface area contributed by atoms with E-state index in [1.54, 1.807) is 30.8 Å². The van der Waals surface area contributed by atoms with Crippen LogP contribution < -0.4 is 4.74 Å². The second-order valence-electron chi connectivity index (χ2n) is 4.95. The summed E-state index contributed by atoms with van der Waals surface area (Å²) in [5.41, 5.74) is 3.78. The van der Waals surface area contributed by atoms with Gasteiger partial charge in [0.25, 0.3) is 0 Å². The second kappa shape index (κ2) is 6.30. The molecule has 0 saturated heterocycles. The maximum Gasteiger partial charge on any atom is 0.130 e. The van der Waals surface area contributed by atoms with Gasteiger partial charge in [-0.1, -0.05) is 11.2 Å². The molecule has 0 spiro atoms. The van der Waals surface area contributed by atoms with Gasteiger partial charge in [-0.25, -0.2) is 0 Å². The minimum absolute atomic E-state index is 0.172. The smallest absolute Gasteiger partial charge is 0.130 e. The minimum Gasteiger partial charge on any atom is -0.508 e. The van der Waals surface area contributed by atoms with Crippen LogP contribution in [0.25, 0.3) is 11.1 Å². The number of phenolic OH excluding ortho intramolecular Hbond substituents is 1. The highest BCUT2D eigenvalue weighted by Gasteiger charge is 2.10. The van der Waals surface area contributed by atoms with Crippen molar-refractivity contribution in [2.45, 2.75) is 13.3 Å². The van der Waals surface area contributed by atoms with E-state index >= 15 is 0 Å². The summed E-state index contributed by atoms with van der Waals surface area (Å²) < 4.78 is 10.6. The summed E-state index contributed by atoms with van der Waals surface area (Å²) in [5, 5.41) is 13.4. The van der Waals surface area contributed by atoms with Crippen molar-refractivity contribution in [3.05, 3.63) is 60.2 Å². The number of rotatable bonds is 5. The largest absolute Gasteiger partial charge is 0.508 e. The number of phenols is 1. The summed E-state index contributed by atoms with van der Waals surface area (Å²) in [6.07, 6.45) is 5.70. The van der Waals surface area contributed by atoms with Crippen LogP contribution in [0.4, 0.5) is 0 Å². The predicted octanol–water partition coefficient (Wildman–Crippen LogP) is 3.37. The van der Waals surface area contributed by atoms with Crippen LogP contribution in [0.3, 0.4) is 0 Å². The molecule has 0 radical (unpaired) electrons. The Hall–Kier alpha value is -2.82. The SMILES string of the molecule is Cc1ncccc1-c1ccc(O)cc1OCCc1cnoc1. The van der Waals surface area contributed by atoms with E-state index in [-0.39, 0.29) is 5.75 Å². The van der Waals surface area contributed by atoms with E-state index in [1.807, 2.05) is 25.1 Å². The second-order valence-corrected chi connectivity index (χ2v) is 4.95. The van der Waals surface area contributed by atoms with Gasteiger partial charge < -0.3 is 14.4 Å². The lowest BCUT2D eigenvalue weighted by atomic mass is 10.0. The van der Waals surface area contributed by atoms with Crippen LogP contribution in [0.2, 0.25) is 0 Å². The normalized spacial score (nSPS) is 10.6. The van der Waals surface area contributed by atoms with E-state index in [2.05, 4.69) is 10.1 Å². The molecule has 0 aliphatic carbocycles. The monoisotopic (exact) mass is 296 g/mol. The van der Waals surface area contributed by atoms with E-state index in [0.717, 1.165) is 22.4 Å². The maximum absolute atomic E-state index is 9.72. The summed E-state index contributed by atoms with van der Waals surface area (Å²) in [5.74, 6) is 0.804. The highest BCUT2D eigenvalue weighted by molar-refractivity contribution is 5.73. The molecule has 0 fully saturated rings. The van der Waals surface area contributed by atoms with Gasteiger partial charge in [0.1, 0.15) is 17.8 Å². The Bertz CT molecular complexity index is 754. The summed E-state index contributed by atoms with van der Waals surface area (Å²) >= 11 is 0. The first kappa shape index (κ1) is 14.1. The van der Waals surface area contributed by atoms with Gasteiger partial charge >= 0.3 is 0 Å². The third kappa shape index (κ3) is 3.09. The lowest BCUT2D eigenvalue weighted by Crippen LogP contribution is -2.02. The molecule has 0 amide bonds. The van der Waals surface area contributed by atoms with Gasteiger partial charge in [-0.2, -0.15) is 0 Å². The van der Waals surface area contributed by atoms with Crippen LogP contribution in [0, 0.1) is 6.92 Å². The van der Waals surface area contributed by atoms with Gasteiger partial charge in [0.05, 0.1) is 12.8 Å². The van der Waals surface area contributed by atoms with E-state index in [4.69, 9.17) is 9.26 Å². The lowest BCUT2D eigenvalue weighted by Gasteiger charge is -2.13. The third-order valence-corrected chi connectivity index (χ3v) is 3.39. The van der Waals surface area contributed by atoms with Crippen LogP contribution in [0.1, 0.15) is 11.3 Å². The molecule has 2 aromatic heterocycles. The fraction of sp³-hybridized carbons (Fsp3) is 0.176. The Morgan fingerprint density at radius 3 is 2.91 bits per heavy atom. The number of ether oxygens (including phenoxy) is 1. The van der Waals surface area contributed by atoms with Crippen LogP contribution in [0.5, 0.6) is 11.5 Å². The van der Waals surface area contributed by atoms with Crippen molar-refractivity contribution in [3.8, 4) is 22.6 Å². The number of hydrogen-bond acceptors (Lipinski definition) is 5. The van der Waals surface area contributed by atoms with E-state index in [1.165, 1.54) is 0 Å². The van der Waals surface area contributed by atoms with Crippen molar-refractivity contribution in [3.63, 3.8) is 0 Å². The van der Waals surface area contributed by atoms with E-state index < -0.39 is 0 Å². The quantitative estimate of drug-likeness (QED) is 0.781. The number of benzene rings is 1. The van der Waals surface area contributed by atoms with Gasteiger partial charge in [-0.05, 0) is 25.1 Å². The zero-order chi connectivity index (χ0) is 15.4. The van der Waals surface area contributed by atoms with Crippen molar-refractivity contribution in [1.82, 2.24) is 10.1 Å². The zero-order valence-electron chi connectivity index (χ0n) is 12.2. The lowest BCUT2D eigenvalue weighted by molar-refractivity contribution is 0.320. The average Bonchev–Trinajstić information content (AvgIpc) is 3.02. The van der Waals surface area contributed by atoms with Crippen molar-refractivity contribution in [1.29, 1.82) is 0 Å². The minimum atomic E-state index is 0.172. The first-order chi connectivity index (χ1) is 10.7. The molecule has 3 aromatic rings. The molecule has 0 unspecified atom stereocenters. The van der Waals surface area contributed by atoms with Gasteiger partial charge in [-0.15, -0.1) is 0 Å². The molecule has 1 aromatic carbocycles. The molecule has 3 rings (SSSR count). The Balaban J connectivity index is 1.83. The zero-order valence-corrected chi connectivity index (χ0v) is 12.2. The topological polar surface area (TPSA) is 68.4 Å². The number of aryl methyl sites for hydroxylation is 1. The van der Waals surface area contributed by atoms with E-state index in [0.29, 0.717) is 18.8 Å². The van der Waals surface area contributed by atoms with Gasteiger partial charge in [0.15, 0.2) is 0 Å². The number of aromatic nitrogens is 2. The molecule has 0 bridgehead atoms. The van der Waals surface area contributed by atoms with Gasteiger partial charge in [-0.3, -0.25) is 4.98 Å². The molecule has 0 aliphatic rings. The average molecular weight is 296 g/mol. The highest BCUT2D eigenvalue weighted by atomic mass is 16.5. The summed E-state index contributed by atoms with van der Waals surface area (Å²) in [4.78, 5) is 4.30. The van der Waals surface area contributed by atoms with Crippen molar-refractivity contribution < 1.29 is 14.4 Å². The number of hydrogen-bond donors (Lipinski definition) is 1. The molecule has 0 aliphatic heterocycles. The summed E-state index contributed by atoms with van der Waals surface area (Å²) in [6.45, 7) is 2.42. The molecular weight excluding hydrogens is 280 g/mol. The number of nitrogens with zero attached hydrogens (tertiary/aromatic N) is 2. The maximum atomic E-state index is 9.72. The molecular formula is C17H16N2O3. The first-order valence-electron chi connectivity index (χ1n) is 7.00. The molecule has 22 heavy (non-hydrogen) atoms. The van der Waals surface area contributed by atoms with Crippen LogP contribution in [-0.4, -0.2) is 21.9 Å². The van der Waals surface area contributed by atoms with Crippen molar-refractivity contribution in [2.75, 3.05) is 6.61 Å². The standard InChI is InChI=1S/C17H16N2O3/c1-12-15(3-2-7-18-12)16-5-4-14(20)9-17(16)21-8-6-13-10-19-22-11-13/h2-5,7,9-11,20H,6,8H2,1H3. The molecule has 0 atom stereocenters. The molecule has 2 heterocycles. The number of aromatic hydroxyl groups is 1. The Morgan fingerprint density at radius 2 is 2.14 bits per heavy atom. The third-order valence-electron chi connectivity index (χ3n) is 3.39. The molecule has 1 N–H and O–H groups in total. The van der Waals surface area contributed by atoms with Gasteiger partial charge in [0.2, 0.25) is 0 Å². The van der Waals surface area contributed by atoms with Gasteiger partial charge in [0, 0.05) is 41.1 Å². The Kier molecular flexibility index (Phi) is 4.05. The first-order valence-corrected chi connectivity index (χ1v) is 7.00. The Morgan fingerprint density at radius 1 is 1.23 bits per heavy atom. The van der Waals surface area contributed by atoms with Crippen LogP contribution >= 0.6 is 0 Å². The van der Waals surface area contributed by atoms with Crippen LogP contribution in [0.15, 0.2) is 53.5 Å². The van der Waals surface area contributed by atoms with E-state index in [9.17, 15) is 5.11 Å². The molecule has 0 saturated carbocycles. The fourth-order valence-electron chi connectivity index (χ4n) is 2.25. The number of pyridine rings is 1. The predicted molar refractivity (Wildman–Crippen MR) is 81.8 cm³/mol. The molecule has 5 heteroatoms. The van der Waals surface area contributed by atoms with Crippen molar-refractivity contribution >= 4 is 0 Å².